The summed E-state index contributed by atoms with van der Waals surface area (Å²) in [4.78, 5) is 30.5. The van der Waals surface area contributed by atoms with Gasteiger partial charge in [0.1, 0.15) is 6.26 Å². The zero-order valence-electron chi connectivity index (χ0n) is 14.7. The Morgan fingerprint density at radius 1 is 1.24 bits per heavy atom. The normalized spacial score (nSPS) is 11.0. The van der Waals surface area contributed by atoms with E-state index in [2.05, 4.69) is 10.3 Å². The fraction of sp³-hybridized carbons (Fsp3) is 0.389. The predicted octanol–water partition coefficient (Wildman–Crippen LogP) is 3.52. The summed E-state index contributed by atoms with van der Waals surface area (Å²) in [5.41, 5.74) is 0.611. The van der Waals surface area contributed by atoms with E-state index < -0.39 is 0 Å². The van der Waals surface area contributed by atoms with Crippen molar-refractivity contribution in [2.45, 2.75) is 46.3 Å². The number of halogens is 1. The first-order valence-corrected chi connectivity index (χ1v) is 8.48. The fourth-order valence-corrected chi connectivity index (χ4v) is 2.46. The van der Waals surface area contributed by atoms with Crippen LogP contribution in [0.3, 0.4) is 0 Å². The van der Waals surface area contributed by atoms with Gasteiger partial charge >= 0.3 is 0 Å². The average molecular weight is 364 g/mol. The molecule has 0 bridgehead atoms. The lowest BCUT2D eigenvalue weighted by Crippen LogP contribution is -2.36. The Balaban J connectivity index is 2.18. The molecular weight excluding hydrogens is 342 g/mol. The standard InChI is InChI=1S/C18H22ClN3O3/c1-11(2)20-17(23)15-10-25-16(21-15)9-22(12(3)4)18(24)13-7-5-6-8-14(13)19/h5-8,10-12H,9H2,1-4H3,(H,20,23). The minimum absolute atomic E-state index is 0.00149. The summed E-state index contributed by atoms with van der Waals surface area (Å²) >= 11 is 6.13. The third kappa shape index (κ3) is 4.82. The highest BCUT2D eigenvalue weighted by Crippen LogP contribution is 2.20. The van der Waals surface area contributed by atoms with Crippen LogP contribution in [0.15, 0.2) is 34.9 Å². The van der Waals surface area contributed by atoms with E-state index in [9.17, 15) is 9.59 Å². The molecule has 1 aromatic carbocycles. The Morgan fingerprint density at radius 2 is 1.92 bits per heavy atom. The SMILES string of the molecule is CC(C)NC(=O)c1coc(CN(C(=O)c2ccccc2Cl)C(C)C)n1. The van der Waals surface area contributed by atoms with Crippen molar-refractivity contribution in [2.24, 2.45) is 0 Å². The number of benzene rings is 1. The van der Waals surface area contributed by atoms with Gasteiger partial charge in [0.2, 0.25) is 5.89 Å². The van der Waals surface area contributed by atoms with Gasteiger partial charge in [-0.25, -0.2) is 4.98 Å². The molecule has 2 amide bonds. The molecule has 0 unspecified atom stereocenters. The minimum Gasteiger partial charge on any atom is -0.446 e. The summed E-state index contributed by atoms with van der Waals surface area (Å²) in [6.45, 7) is 7.66. The quantitative estimate of drug-likeness (QED) is 0.852. The molecule has 2 aromatic rings. The Morgan fingerprint density at radius 3 is 2.52 bits per heavy atom. The third-order valence-corrected chi connectivity index (χ3v) is 3.83. The molecule has 1 heterocycles. The van der Waals surface area contributed by atoms with Crippen LogP contribution in [0, 0.1) is 0 Å². The second-order valence-corrected chi connectivity index (χ2v) is 6.67. The number of nitrogens with zero attached hydrogens (tertiary/aromatic N) is 2. The number of aromatic nitrogens is 1. The summed E-state index contributed by atoms with van der Waals surface area (Å²) in [5.74, 6) is -0.228. The van der Waals surface area contributed by atoms with Crippen molar-refractivity contribution in [2.75, 3.05) is 0 Å². The zero-order valence-corrected chi connectivity index (χ0v) is 15.5. The van der Waals surface area contributed by atoms with Gasteiger partial charge in [0.05, 0.1) is 17.1 Å². The Bertz CT molecular complexity index is 756. The summed E-state index contributed by atoms with van der Waals surface area (Å²) in [6, 6.07) is 6.79. The molecule has 7 heteroatoms. The maximum atomic E-state index is 12.8. The molecule has 0 aliphatic carbocycles. The van der Waals surface area contributed by atoms with E-state index in [1.165, 1.54) is 6.26 Å². The molecule has 25 heavy (non-hydrogen) atoms. The molecular formula is C18H22ClN3O3. The summed E-state index contributed by atoms with van der Waals surface area (Å²) in [5, 5.41) is 3.14. The van der Waals surface area contributed by atoms with Gasteiger partial charge < -0.3 is 14.6 Å². The predicted molar refractivity (Wildman–Crippen MR) is 95.6 cm³/mol. The van der Waals surface area contributed by atoms with Crippen LogP contribution in [0.1, 0.15) is 54.4 Å². The van der Waals surface area contributed by atoms with Crippen molar-refractivity contribution in [1.29, 1.82) is 0 Å². The van der Waals surface area contributed by atoms with Crippen LogP contribution >= 0.6 is 11.6 Å². The number of amides is 2. The Hall–Kier alpha value is -2.34. The second kappa shape index (κ2) is 8.16. The van der Waals surface area contributed by atoms with Gasteiger partial charge in [0, 0.05) is 12.1 Å². The monoisotopic (exact) mass is 363 g/mol. The number of carbonyl (C=O) groups is 2. The summed E-state index contributed by atoms with van der Waals surface area (Å²) < 4.78 is 5.37. The molecule has 0 atom stereocenters. The van der Waals surface area contributed by atoms with E-state index in [-0.39, 0.29) is 36.1 Å². The molecule has 1 aromatic heterocycles. The Labute approximate surface area is 152 Å². The van der Waals surface area contributed by atoms with E-state index in [1.54, 1.807) is 29.2 Å². The highest BCUT2D eigenvalue weighted by molar-refractivity contribution is 6.33. The van der Waals surface area contributed by atoms with Crippen LogP contribution < -0.4 is 5.32 Å². The fourth-order valence-electron chi connectivity index (χ4n) is 2.25. The van der Waals surface area contributed by atoms with Crippen molar-refractivity contribution in [3.63, 3.8) is 0 Å². The second-order valence-electron chi connectivity index (χ2n) is 6.26. The van der Waals surface area contributed by atoms with Gasteiger partial charge in [-0.2, -0.15) is 0 Å². The molecule has 0 aliphatic heterocycles. The van der Waals surface area contributed by atoms with Gasteiger partial charge in [-0.1, -0.05) is 23.7 Å². The van der Waals surface area contributed by atoms with Crippen LogP contribution in [0.4, 0.5) is 0 Å². The number of carbonyl (C=O) groups excluding carboxylic acids is 2. The maximum absolute atomic E-state index is 12.8. The van der Waals surface area contributed by atoms with Crippen molar-refractivity contribution in [3.8, 4) is 0 Å². The summed E-state index contributed by atoms with van der Waals surface area (Å²) in [7, 11) is 0. The van der Waals surface area contributed by atoms with Gasteiger partial charge in [0.15, 0.2) is 5.69 Å². The molecule has 0 aliphatic rings. The number of rotatable bonds is 6. The van der Waals surface area contributed by atoms with Gasteiger partial charge in [-0.15, -0.1) is 0 Å². The molecule has 0 saturated carbocycles. The molecule has 0 spiro atoms. The van der Waals surface area contributed by atoms with Crippen LogP contribution in [-0.2, 0) is 6.54 Å². The highest BCUT2D eigenvalue weighted by atomic mass is 35.5. The van der Waals surface area contributed by atoms with Crippen LogP contribution in [0.5, 0.6) is 0 Å². The molecule has 1 N–H and O–H groups in total. The van der Waals surface area contributed by atoms with Crippen LogP contribution in [0.2, 0.25) is 5.02 Å². The molecule has 0 fully saturated rings. The van der Waals surface area contributed by atoms with Crippen molar-refractivity contribution >= 4 is 23.4 Å². The van der Waals surface area contributed by atoms with E-state index in [1.807, 2.05) is 27.7 Å². The largest absolute Gasteiger partial charge is 0.446 e. The minimum atomic E-state index is -0.307. The van der Waals surface area contributed by atoms with Crippen molar-refractivity contribution in [3.05, 3.63) is 52.7 Å². The van der Waals surface area contributed by atoms with Crippen molar-refractivity contribution < 1.29 is 14.0 Å². The average Bonchev–Trinajstić information content (AvgIpc) is 3.00. The van der Waals surface area contributed by atoms with Crippen LogP contribution in [-0.4, -0.2) is 33.8 Å². The zero-order chi connectivity index (χ0) is 18.6. The number of nitrogens with one attached hydrogen (secondary N) is 1. The van der Waals surface area contributed by atoms with E-state index in [0.29, 0.717) is 16.5 Å². The van der Waals surface area contributed by atoms with Gasteiger partial charge in [-0.05, 0) is 39.8 Å². The van der Waals surface area contributed by atoms with E-state index >= 15 is 0 Å². The number of oxazole rings is 1. The first-order valence-electron chi connectivity index (χ1n) is 8.10. The smallest absolute Gasteiger partial charge is 0.273 e. The van der Waals surface area contributed by atoms with Crippen LogP contribution in [0.25, 0.3) is 0 Å². The molecule has 0 radical (unpaired) electrons. The highest BCUT2D eigenvalue weighted by Gasteiger charge is 2.23. The molecule has 2 rings (SSSR count). The van der Waals surface area contributed by atoms with E-state index in [0.717, 1.165) is 0 Å². The summed E-state index contributed by atoms with van der Waals surface area (Å²) in [6.07, 6.45) is 1.30. The third-order valence-electron chi connectivity index (χ3n) is 3.50. The topological polar surface area (TPSA) is 75.4 Å². The first kappa shape index (κ1) is 19.0. The lowest BCUT2D eigenvalue weighted by atomic mass is 10.1. The first-order chi connectivity index (χ1) is 11.8. The maximum Gasteiger partial charge on any atom is 0.273 e. The van der Waals surface area contributed by atoms with E-state index in [4.69, 9.17) is 16.0 Å². The Kier molecular flexibility index (Phi) is 6.20. The molecule has 6 nitrogen and oxygen atoms in total. The number of hydrogen-bond acceptors (Lipinski definition) is 4. The number of hydrogen-bond donors (Lipinski definition) is 1. The molecule has 0 saturated heterocycles. The lowest BCUT2D eigenvalue weighted by Gasteiger charge is -2.25. The molecule has 134 valence electrons. The van der Waals surface area contributed by atoms with Crippen molar-refractivity contribution in [1.82, 2.24) is 15.2 Å². The van der Waals surface area contributed by atoms with Gasteiger partial charge in [-0.3, -0.25) is 9.59 Å². The lowest BCUT2D eigenvalue weighted by molar-refractivity contribution is 0.0672. The van der Waals surface area contributed by atoms with Gasteiger partial charge in [0.25, 0.3) is 11.8 Å².